The van der Waals surface area contributed by atoms with Crippen molar-refractivity contribution in [2.75, 3.05) is 39.0 Å². The molecule has 190 valence electrons. The Morgan fingerprint density at radius 3 is 2.34 bits per heavy atom. The van der Waals surface area contributed by atoms with E-state index < -0.39 is 39.4 Å². The number of nitrogens with zero attached hydrogens (tertiary/aromatic N) is 2. The van der Waals surface area contributed by atoms with Crippen molar-refractivity contribution in [3.63, 3.8) is 0 Å². The molecule has 35 heavy (non-hydrogen) atoms. The Labute approximate surface area is 207 Å². The van der Waals surface area contributed by atoms with Gasteiger partial charge in [-0.1, -0.05) is 23.7 Å². The number of carbonyl (C=O) groups excluding carboxylic acids is 2. The zero-order valence-electron chi connectivity index (χ0n) is 19.3. The van der Waals surface area contributed by atoms with E-state index in [0.717, 1.165) is 6.07 Å². The van der Waals surface area contributed by atoms with Gasteiger partial charge in [-0.2, -0.15) is 0 Å². The van der Waals surface area contributed by atoms with E-state index in [0.29, 0.717) is 31.7 Å². The Bertz CT molecular complexity index is 1200. The average molecular weight is 530 g/mol. The van der Waals surface area contributed by atoms with Crippen LogP contribution in [0.15, 0.2) is 36.4 Å². The number of hydrogen-bond acceptors (Lipinski definition) is 6. The SMILES string of the molecule is COC(=O)c1ccc(CNS(=O)(=O)CC(c2ccc(F)c(Cl)c2)N2CCN(C(C)=O)CC2)c(F)c1. The fourth-order valence-corrected chi connectivity index (χ4v) is 5.37. The first-order valence-electron chi connectivity index (χ1n) is 10.8. The van der Waals surface area contributed by atoms with Gasteiger partial charge in [-0.3, -0.25) is 9.69 Å². The van der Waals surface area contributed by atoms with E-state index in [4.69, 9.17) is 11.6 Å². The normalized spacial score (nSPS) is 15.6. The molecule has 1 N–H and O–H groups in total. The van der Waals surface area contributed by atoms with Gasteiger partial charge >= 0.3 is 5.97 Å². The van der Waals surface area contributed by atoms with Crippen molar-refractivity contribution in [2.45, 2.75) is 19.5 Å². The van der Waals surface area contributed by atoms with Gasteiger partial charge in [-0.05, 0) is 29.8 Å². The van der Waals surface area contributed by atoms with Gasteiger partial charge in [0.15, 0.2) is 0 Å². The molecule has 1 unspecified atom stereocenters. The third kappa shape index (κ3) is 6.97. The van der Waals surface area contributed by atoms with Gasteiger partial charge in [0.25, 0.3) is 0 Å². The van der Waals surface area contributed by atoms with Gasteiger partial charge in [0.05, 0.1) is 29.5 Å². The Kier molecular flexibility index (Phi) is 8.81. The van der Waals surface area contributed by atoms with E-state index in [-0.39, 0.29) is 28.6 Å². The van der Waals surface area contributed by atoms with Gasteiger partial charge in [-0.15, -0.1) is 0 Å². The molecule has 8 nitrogen and oxygen atoms in total. The predicted octanol–water partition coefficient (Wildman–Crippen LogP) is 2.73. The lowest BCUT2D eigenvalue weighted by atomic mass is 10.1. The van der Waals surface area contributed by atoms with Crippen LogP contribution in [0.3, 0.4) is 0 Å². The summed E-state index contributed by atoms with van der Waals surface area (Å²) >= 11 is 5.95. The van der Waals surface area contributed by atoms with E-state index in [1.807, 2.05) is 4.90 Å². The van der Waals surface area contributed by atoms with Crippen LogP contribution in [0, 0.1) is 11.6 Å². The molecule has 1 heterocycles. The second-order valence-electron chi connectivity index (χ2n) is 8.13. The van der Waals surface area contributed by atoms with E-state index in [2.05, 4.69) is 9.46 Å². The topological polar surface area (TPSA) is 96.0 Å². The maximum absolute atomic E-state index is 14.4. The molecule has 0 aliphatic carbocycles. The van der Waals surface area contributed by atoms with Crippen molar-refractivity contribution in [3.8, 4) is 0 Å². The number of amides is 1. The number of methoxy groups -OCH3 is 1. The number of esters is 1. The molecule has 1 fully saturated rings. The minimum Gasteiger partial charge on any atom is -0.465 e. The summed E-state index contributed by atoms with van der Waals surface area (Å²) in [4.78, 5) is 26.8. The minimum atomic E-state index is -3.94. The van der Waals surface area contributed by atoms with E-state index >= 15 is 0 Å². The fraction of sp³-hybridized carbons (Fsp3) is 0.391. The number of rotatable bonds is 8. The Balaban J connectivity index is 1.77. The van der Waals surface area contributed by atoms with Gasteiger partial charge in [0.1, 0.15) is 11.6 Å². The van der Waals surface area contributed by atoms with Gasteiger partial charge in [0, 0.05) is 45.2 Å². The molecule has 12 heteroatoms. The fourth-order valence-electron chi connectivity index (χ4n) is 3.87. The number of benzene rings is 2. The molecule has 0 spiro atoms. The zero-order chi connectivity index (χ0) is 25.8. The molecule has 2 aromatic carbocycles. The van der Waals surface area contributed by atoms with E-state index in [1.54, 1.807) is 4.90 Å². The molecule has 1 aliphatic heterocycles. The number of carbonyl (C=O) groups is 2. The van der Waals surface area contributed by atoms with Crippen LogP contribution in [-0.4, -0.2) is 69.1 Å². The van der Waals surface area contributed by atoms with Crippen LogP contribution >= 0.6 is 11.6 Å². The van der Waals surface area contributed by atoms with Crippen LogP contribution in [0.4, 0.5) is 8.78 Å². The van der Waals surface area contributed by atoms with Gasteiger partial charge in [0.2, 0.25) is 15.9 Å². The van der Waals surface area contributed by atoms with Crippen LogP contribution in [0.2, 0.25) is 5.02 Å². The number of hydrogen-bond donors (Lipinski definition) is 1. The average Bonchev–Trinajstić information content (AvgIpc) is 2.83. The smallest absolute Gasteiger partial charge is 0.337 e. The van der Waals surface area contributed by atoms with Crippen molar-refractivity contribution >= 4 is 33.5 Å². The Hall–Kier alpha value is -2.60. The van der Waals surface area contributed by atoms with Gasteiger partial charge in [-0.25, -0.2) is 26.7 Å². The van der Waals surface area contributed by atoms with Crippen molar-refractivity contribution in [1.82, 2.24) is 14.5 Å². The first kappa shape index (κ1) is 27.0. The largest absolute Gasteiger partial charge is 0.465 e. The second-order valence-corrected chi connectivity index (χ2v) is 10.4. The summed E-state index contributed by atoms with van der Waals surface area (Å²) in [5.41, 5.74) is 0.568. The minimum absolute atomic E-state index is 0.00885. The summed E-state index contributed by atoms with van der Waals surface area (Å²) in [6, 6.07) is 7.00. The zero-order valence-corrected chi connectivity index (χ0v) is 20.8. The highest BCUT2D eigenvalue weighted by molar-refractivity contribution is 7.89. The van der Waals surface area contributed by atoms with Crippen LogP contribution < -0.4 is 4.72 Å². The van der Waals surface area contributed by atoms with Crippen molar-refractivity contribution in [2.24, 2.45) is 0 Å². The molecule has 2 aromatic rings. The molecule has 1 atom stereocenters. The highest BCUT2D eigenvalue weighted by Crippen LogP contribution is 2.28. The molecule has 1 aliphatic rings. The summed E-state index contributed by atoms with van der Waals surface area (Å²) in [7, 11) is -2.77. The summed E-state index contributed by atoms with van der Waals surface area (Å²) in [6.07, 6.45) is 0. The Morgan fingerprint density at radius 1 is 1.09 bits per heavy atom. The summed E-state index contributed by atoms with van der Waals surface area (Å²) in [5, 5.41) is -0.131. The summed E-state index contributed by atoms with van der Waals surface area (Å²) in [6.45, 7) is 2.82. The first-order chi connectivity index (χ1) is 16.5. The maximum atomic E-state index is 14.4. The maximum Gasteiger partial charge on any atom is 0.337 e. The monoisotopic (exact) mass is 529 g/mol. The van der Waals surface area contributed by atoms with Crippen molar-refractivity contribution in [1.29, 1.82) is 0 Å². The first-order valence-corrected chi connectivity index (χ1v) is 12.8. The lowest BCUT2D eigenvalue weighted by molar-refractivity contribution is -0.130. The molecule has 3 rings (SSSR count). The Morgan fingerprint density at radius 2 is 1.77 bits per heavy atom. The molecular formula is C23H26ClF2N3O5S. The third-order valence-corrected chi connectivity index (χ3v) is 7.49. The highest BCUT2D eigenvalue weighted by atomic mass is 35.5. The van der Waals surface area contributed by atoms with Crippen LogP contribution in [0.1, 0.15) is 34.5 Å². The predicted molar refractivity (Wildman–Crippen MR) is 126 cm³/mol. The van der Waals surface area contributed by atoms with Crippen LogP contribution in [0.25, 0.3) is 0 Å². The molecule has 0 bridgehead atoms. The van der Waals surface area contributed by atoms with Crippen molar-refractivity contribution in [3.05, 3.63) is 69.7 Å². The molecule has 0 saturated carbocycles. The molecule has 0 aromatic heterocycles. The standard InChI is InChI=1S/C23H26ClF2N3O5S/c1-15(30)28-7-9-29(10-8-28)22(16-5-6-20(25)19(24)11-16)14-35(32,33)27-13-18-4-3-17(12-21(18)26)23(31)34-2/h3-6,11-12,22,27H,7-10,13-14H2,1-2H3. The van der Waals surface area contributed by atoms with Crippen LogP contribution in [-0.2, 0) is 26.1 Å². The summed E-state index contributed by atoms with van der Waals surface area (Å²) < 4.78 is 61.0. The van der Waals surface area contributed by atoms with Crippen LogP contribution in [0.5, 0.6) is 0 Å². The van der Waals surface area contributed by atoms with E-state index in [9.17, 15) is 26.8 Å². The highest BCUT2D eigenvalue weighted by Gasteiger charge is 2.30. The summed E-state index contributed by atoms with van der Waals surface area (Å²) in [5.74, 6) is -2.54. The molecule has 1 saturated heterocycles. The second kappa shape index (κ2) is 11.4. The quantitative estimate of drug-likeness (QED) is 0.528. The lowest BCUT2D eigenvalue weighted by Gasteiger charge is -2.39. The molecule has 1 amide bonds. The lowest BCUT2D eigenvalue weighted by Crippen LogP contribution is -2.50. The number of ether oxygens (including phenoxy) is 1. The third-order valence-electron chi connectivity index (χ3n) is 5.86. The molecule has 0 radical (unpaired) electrons. The van der Waals surface area contributed by atoms with E-state index in [1.165, 1.54) is 44.4 Å². The number of nitrogens with one attached hydrogen (secondary N) is 1. The number of halogens is 3. The van der Waals surface area contributed by atoms with Gasteiger partial charge < -0.3 is 9.64 Å². The molecular weight excluding hydrogens is 504 g/mol. The number of sulfonamides is 1. The van der Waals surface area contributed by atoms with Crippen molar-refractivity contribution < 1.29 is 31.5 Å². The number of piperazine rings is 1.